The number of allylic oxidation sites excluding steroid dienone is 1. The molecule has 1 nitrogen and oxygen atoms in total. The standard InChI is InChI=1S/C21H29F3O/c1-2-3-4-6-17-7-9-18(10-8-17)19-11-13-20(14-12-19)25-16-5-15-21(22,23)24/h2,11-14,17-18H,1,3-10,15-16H2. The second-order valence-electron chi connectivity index (χ2n) is 7.07. The molecule has 0 radical (unpaired) electrons. The second kappa shape index (κ2) is 9.88. The first-order chi connectivity index (χ1) is 12.0. The maximum Gasteiger partial charge on any atom is 0.389 e. The van der Waals surface area contributed by atoms with Crippen molar-refractivity contribution in [3.05, 3.63) is 42.5 Å². The van der Waals surface area contributed by atoms with Crippen LogP contribution in [0.1, 0.15) is 69.3 Å². The fourth-order valence-electron chi connectivity index (χ4n) is 3.63. The smallest absolute Gasteiger partial charge is 0.389 e. The molecule has 0 bridgehead atoms. The molecule has 0 aromatic heterocycles. The van der Waals surface area contributed by atoms with Gasteiger partial charge in [0.2, 0.25) is 0 Å². The third-order valence-electron chi connectivity index (χ3n) is 5.09. The number of hydrogen-bond acceptors (Lipinski definition) is 1. The molecule has 1 aromatic rings. The van der Waals surface area contributed by atoms with Gasteiger partial charge in [-0.2, -0.15) is 13.2 Å². The minimum absolute atomic E-state index is 0.00111. The summed E-state index contributed by atoms with van der Waals surface area (Å²) < 4.78 is 41.7. The van der Waals surface area contributed by atoms with Gasteiger partial charge < -0.3 is 4.74 Å². The Morgan fingerprint density at radius 3 is 2.32 bits per heavy atom. The predicted molar refractivity (Wildman–Crippen MR) is 96.0 cm³/mol. The number of unbranched alkanes of at least 4 members (excludes halogenated alkanes) is 1. The van der Waals surface area contributed by atoms with E-state index in [1.54, 1.807) is 0 Å². The van der Waals surface area contributed by atoms with E-state index in [0.29, 0.717) is 11.7 Å². The van der Waals surface area contributed by atoms with E-state index in [4.69, 9.17) is 4.74 Å². The molecule has 0 heterocycles. The average molecular weight is 354 g/mol. The summed E-state index contributed by atoms with van der Waals surface area (Å²) in [7, 11) is 0. The molecule has 4 heteroatoms. The Bertz CT molecular complexity index is 499. The van der Waals surface area contributed by atoms with Gasteiger partial charge in [0.1, 0.15) is 5.75 Å². The maximum atomic E-state index is 12.1. The number of hydrogen-bond donors (Lipinski definition) is 0. The molecule has 0 spiro atoms. The topological polar surface area (TPSA) is 9.23 Å². The molecule has 0 amide bonds. The molecule has 1 saturated carbocycles. The largest absolute Gasteiger partial charge is 0.494 e. The summed E-state index contributed by atoms with van der Waals surface area (Å²) >= 11 is 0. The van der Waals surface area contributed by atoms with Crippen LogP contribution in [0.2, 0.25) is 0 Å². The molecule has 140 valence electrons. The van der Waals surface area contributed by atoms with Crippen molar-refractivity contribution in [3.8, 4) is 5.75 Å². The number of benzene rings is 1. The van der Waals surface area contributed by atoms with Crippen LogP contribution in [0.15, 0.2) is 36.9 Å². The third kappa shape index (κ3) is 7.54. The van der Waals surface area contributed by atoms with Crippen molar-refractivity contribution in [2.75, 3.05) is 6.61 Å². The van der Waals surface area contributed by atoms with Crippen molar-refractivity contribution in [2.45, 2.75) is 69.9 Å². The molecule has 0 unspecified atom stereocenters. The summed E-state index contributed by atoms with van der Waals surface area (Å²) in [5.41, 5.74) is 1.33. The summed E-state index contributed by atoms with van der Waals surface area (Å²) in [6.45, 7) is 3.88. The second-order valence-corrected chi connectivity index (χ2v) is 7.07. The van der Waals surface area contributed by atoms with Gasteiger partial charge in [-0.15, -0.1) is 6.58 Å². The lowest BCUT2D eigenvalue weighted by molar-refractivity contribution is -0.136. The van der Waals surface area contributed by atoms with E-state index in [9.17, 15) is 13.2 Å². The molecule has 1 aliphatic carbocycles. The fourth-order valence-corrected chi connectivity index (χ4v) is 3.63. The lowest BCUT2D eigenvalue weighted by Crippen LogP contribution is -2.13. The molecule has 0 saturated heterocycles. The Kier molecular flexibility index (Phi) is 7.86. The van der Waals surface area contributed by atoms with Crippen LogP contribution in [0.5, 0.6) is 5.75 Å². The molecular formula is C21H29F3O. The van der Waals surface area contributed by atoms with E-state index in [2.05, 4.69) is 18.7 Å². The molecular weight excluding hydrogens is 325 g/mol. The van der Waals surface area contributed by atoms with Crippen molar-refractivity contribution >= 4 is 0 Å². The van der Waals surface area contributed by atoms with Crippen molar-refractivity contribution < 1.29 is 17.9 Å². The van der Waals surface area contributed by atoms with Crippen LogP contribution in [-0.2, 0) is 0 Å². The van der Waals surface area contributed by atoms with Gasteiger partial charge in [-0.3, -0.25) is 0 Å². The van der Waals surface area contributed by atoms with E-state index in [0.717, 1.165) is 12.3 Å². The summed E-state index contributed by atoms with van der Waals surface area (Å²) in [6.07, 6.45) is 5.81. The minimum Gasteiger partial charge on any atom is -0.494 e. The van der Waals surface area contributed by atoms with Gasteiger partial charge in [0.05, 0.1) is 6.61 Å². The van der Waals surface area contributed by atoms with Gasteiger partial charge >= 0.3 is 6.18 Å². The number of ether oxygens (including phenoxy) is 1. The average Bonchev–Trinajstić information content (AvgIpc) is 2.59. The molecule has 0 aliphatic heterocycles. The number of halogens is 3. The van der Waals surface area contributed by atoms with Crippen LogP contribution in [-0.4, -0.2) is 12.8 Å². The zero-order valence-electron chi connectivity index (χ0n) is 14.9. The zero-order chi connectivity index (χ0) is 18.1. The summed E-state index contributed by atoms with van der Waals surface area (Å²) in [5, 5.41) is 0. The Labute approximate surface area is 149 Å². The first-order valence-corrected chi connectivity index (χ1v) is 9.38. The Hall–Kier alpha value is -1.45. The van der Waals surface area contributed by atoms with Crippen LogP contribution in [0, 0.1) is 5.92 Å². The SMILES string of the molecule is C=CCCCC1CCC(c2ccc(OCCCC(F)(F)F)cc2)CC1. The van der Waals surface area contributed by atoms with Crippen molar-refractivity contribution in [2.24, 2.45) is 5.92 Å². The highest BCUT2D eigenvalue weighted by Crippen LogP contribution is 2.38. The first kappa shape index (κ1) is 19.9. The van der Waals surface area contributed by atoms with Gasteiger partial charge in [0.25, 0.3) is 0 Å². The van der Waals surface area contributed by atoms with Gasteiger partial charge in [0, 0.05) is 6.42 Å². The van der Waals surface area contributed by atoms with Gasteiger partial charge in [-0.1, -0.05) is 24.6 Å². The summed E-state index contributed by atoms with van der Waals surface area (Å²) in [4.78, 5) is 0. The fraction of sp³-hybridized carbons (Fsp3) is 0.619. The molecule has 25 heavy (non-hydrogen) atoms. The quantitative estimate of drug-likeness (QED) is 0.341. The Morgan fingerprint density at radius 2 is 1.72 bits per heavy atom. The molecule has 2 rings (SSSR count). The molecule has 1 fully saturated rings. The van der Waals surface area contributed by atoms with E-state index in [1.165, 1.54) is 44.1 Å². The highest BCUT2D eigenvalue weighted by atomic mass is 19.4. The van der Waals surface area contributed by atoms with Gasteiger partial charge in [-0.25, -0.2) is 0 Å². The van der Waals surface area contributed by atoms with E-state index in [-0.39, 0.29) is 13.0 Å². The lowest BCUT2D eigenvalue weighted by atomic mass is 9.77. The number of alkyl halides is 3. The Morgan fingerprint density at radius 1 is 1.04 bits per heavy atom. The highest BCUT2D eigenvalue weighted by molar-refractivity contribution is 5.29. The van der Waals surface area contributed by atoms with Crippen LogP contribution in [0.25, 0.3) is 0 Å². The van der Waals surface area contributed by atoms with Crippen molar-refractivity contribution in [3.63, 3.8) is 0 Å². The first-order valence-electron chi connectivity index (χ1n) is 9.38. The summed E-state index contributed by atoms with van der Waals surface area (Å²) in [6, 6.07) is 7.92. The number of rotatable bonds is 9. The zero-order valence-corrected chi connectivity index (χ0v) is 14.9. The van der Waals surface area contributed by atoms with E-state index in [1.807, 2.05) is 18.2 Å². The van der Waals surface area contributed by atoms with Crippen LogP contribution in [0.4, 0.5) is 13.2 Å². The van der Waals surface area contributed by atoms with E-state index < -0.39 is 12.6 Å². The third-order valence-corrected chi connectivity index (χ3v) is 5.09. The van der Waals surface area contributed by atoms with E-state index >= 15 is 0 Å². The Balaban J connectivity index is 1.70. The maximum absolute atomic E-state index is 12.1. The molecule has 1 aliphatic rings. The molecule has 0 N–H and O–H groups in total. The summed E-state index contributed by atoms with van der Waals surface area (Å²) in [5.74, 6) is 2.12. The van der Waals surface area contributed by atoms with Crippen molar-refractivity contribution in [1.82, 2.24) is 0 Å². The van der Waals surface area contributed by atoms with Crippen LogP contribution in [0.3, 0.4) is 0 Å². The van der Waals surface area contributed by atoms with Crippen molar-refractivity contribution in [1.29, 1.82) is 0 Å². The molecule has 0 atom stereocenters. The molecule has 1 aromatic carbocycles. The highest BCUT2D eigenvalue weighted by Gasteiger charge is 2.26. The van der Waals surface area contributed by atoms with Crippen LogP contribution < -0.4 is 4.74 Å². The predicted octanol–water partition coefficient (Wildman–Crippen LogP) is 7.04. The van der Waals surface area contributed by atoms with Gasteiger partial charge in [0.15, 0.2) is 0 Å². The lowest BCUT2D eigenvalue weighted by Gasteiger charge is -2.29. The monoisotopic (exact) mass is 354 g/mol. The minimum atomic E-state index is -4.10. The normalized spacial score (nSPS) is 21.1. The van der Waals surface area contributed by atoms with Crippen LogP contribution >= 0.6 is 0 Å². The van der Waals surface area contributed by atoms with Gasteiger partial charge in [-0.05, 0) is 74.5 Å².